The van der Waals surface area contributed by atoms with Gasteiger partial charge in [-0.1, -0.05) is 17.7 Å². The molecule has 0 unspecified atom stereocenters. The fraction of sp³-hybridized carbons (Fsp3) is 0.182. The van der Waals surface area contributed by atoms with E-state index in [4.69, 9.17) is 17.3 Å². The van der Waals surface area contributed by atoms with Crippen LogP contribution >= 0.6 is 22.9 Å². The van der Waals surface area contributed by atoms with Crippen LogP contribution in [0.5, 0.6) is 0 Å². The highest BCUT2D eigenvalue weighted by molar-refractivity contribution is 7.15. The molecule has 2 rings (SSSR count). The molecule has 0 fully saturated rings. The van der Waals surface area contributed by atoms with Crippen molar-refractivity contribution in [2.24, 2.45) is 5.73 Å². The number of benzene rings is 1. The highest BCUT2D eigenvalue weighted by atomic mass is 35.5. The Kier molecular flexibility index (Phi) is 3.80. The second-order valence-corrected chi connectivity index (χ2v) is 5.08. The quantitative estimate of drug-likeness (QED) is 0.849. The zero-order valence-electron chi connectivity index (χ0n) is 9.26. The maximum atomic E-state index is 13.8. The normalized spacial score (nSPS) is 11.9. The van der Waals surface area contributed by atoms with E-state index in [1.165, 1.54) is 18.2 Å². The van der Waals surface area contributed by atoms with Gasteiger partial charge in [0.1, 0.15) is 5.01 Å². The van der Waals surface area contributed by atoms with Gasteiger partial charge in [-0.25, -0.2) is 9.37 Å². The molecule has 0 aliphatic carbocycles. The summed E-state index contributed by atoms with van der Waals surface area (Å²) in [6.07, 6.45) is -4.61. The fourth-order valence-electron chi connectivity index (χ4n) is 1.50. The van der Waals surface area contributed by atoms with E-state index in [2.05, 4.69) is 4.98 Å². The summed E-state index contributed by atoms with van der Waals surface area (Å²) in [5.74, 6) is -0.796. The Morgan fingerprint density at radius 1 is 1.32 bits per heavy atom. The first-order valence-corrected chi connectivity index (χ1v) is 6.25. The smallest absolute Gasteiger partial charge is 0.326 e. The first kappa shape index (κ1) is 14.2. The Hall–Kier alpha value is -1.18. The summed E-state index contributed by atoms with van der Waals surface area (Å²) >= 11 is 6.30. The molecule has 0 saturated carbocycles. The molecule has 2 aromatic rings. The molecule has 1 heterocycles. The van der Waals surface area contributed by atoms with Crippen molar-refractivity contribution in [3.8, 4) is 10.6 Å². The lowest BCUT2D eigenvalue weighted by Gasteiger charge is -2.03. The first-order chi connectivity index (χ1) is 8.84. The minimum atomic E-state index is -4.61. The largest absolute Gasteiger partial charge is 0.434 e. The number of nitrogens with zero attached hydrogens (tertiary/aromatic N) is 1. The van der Waals surface area contributed by atoms with Crippen LogP contribution in [-0.2, 0) is 12.7 Å². The molecule has 2 N–H and O–H groups in total. The van der Waals surface area contributed by atoms with Crippen molar-refractivity contribution in [2.75, 3.05) is 0 Å². The van der Waals surface area contributed by atoms with Crippen molar-refractivity contribution in [2.45, 2.75) is 12.7 Å². The molecule has 2 nitrogen and oxygen atoms in total. The molecule has 0 spiro atoms. The van der Waals surface area contributed by atoms with E-state index < -0.39 is 17.7 Å². The third-order valence-electron chi connectivity index (χ3n) is 2.33. The Labute approximate surface area is 114 Å². The third-order valence-corrected chi connectivity index (χ3v) is 3.74. The van der Waals surface area contributed by atoms with Gasteiger partial charge in [-0.3, -0.25) is 0 Å². The highest BCUT2D eigenvalue weighted by Crippen LogP contribution is 2.38. The number of halogens is 5. The Morgan fingerprint density at radius 3 is 2.53 bits per heavy atom. The minimum absolute atomic E-state index is 0.0669. The number of hydrogen-bond donors (Lipinski definition) is 1. The third kappa shape index (κ3) is 2.72. The lowest BCUT2D eigenvalue weighted by molar-refractivity contribution is -0.141. The molecule has 102 valence electrons. The van der Waals surface area contributed by atoms with Crippen LogP contribution in [0.1, 0.15) is 10.6 Å². The summed E-state index contributed by atoms with van der Waals surface area (Å²) in [5, 5.41) is -0.261. The SMILES string of the molecule is NCc1sc(-c2cccc(Cl)c2F)nc1C(F)(F)F. The van der Waals surface area contributed by atoms with Gasteiger partial charge < -0.3 is 5.73 Å². The molecule has 0 saturated heterocycles. The average molecular weight is 311 g/mol. The van der Waals surface area contributed by atoms with Gasteiger partial charge in [0.05, 0.1) is 9.90 Å². The van der Waals surface area contributed by atoms with Crippen LogP contribution in [0.15, 0.2) is 18.2 Å². The molecule has 0 aliphatic rings. The van der Waals surface area contributed by atoms with E-state index in [1.807, 2.05) is 0 Å². The number of thiazole rings is 1. The molecule has 0 aliphatic heterocycles. The van der Waals surface area contributed by atoms with E-state index in [0.29, 0.717) is 11.3 Å². The molecule has 0 amide bonds. The summed E-state index contributed by atoms with van der Waals surface area (Å²) in [5.41, 5.74) is 4.12. The van der Waals surface area contributed by atoms with Crippen molar-refractivity contribution in [1.82, 2.24) is 4.98 Å². The second-order valence-electron chi connectivity index (χ2n) is 3.59. The zero-order chi connectivity index (χ0) is 14.2. The predicted molar refractivity (Wildman–Crippen MR) is 65.4 cm³/mol. The molecule has 19 heavy (non-hydrogen) atoms. The molecule has 0 atom stereocenters. The average Bonchev–Trinajstić information content (AvgIpc) is 2.76. The lowest BCUT2D eigenvalue weighted by Crippen LogP contribution is -2.10. The van der Waals surface area contributed by atoms with E-state index in [9.17, 15) is 17.6 Å². The topological polar surface area (TPSA) is 38.9 Å². The highest BCUT2D eigenvalue weighted by Gasteiger charge is 2.37. The van der Waals surface area contributed by atoms with Crippen molar-refractivity contribution in [1.29, 1.82) is 0 Å². The maximum absolute atomic E-state index is 13.8. The predicted octanol–water partition coefficient (Wildman–Crippen LogP) is 4.08. The van der Waals surface area contributed by atoms with Crippen LogP contribution in [-0.4, -0.2) is 4.98 Å². The lowest BCUT2D eigenvalue weighted by atomic mass is 10.2. The number of nitrogens with two attached hydrogens (primary N) is 1. The molecule has 0 bridgehead atoms. The number of alkyl halides is 3. The van der Waals surface area contributed by atoms with Gasteiger partial charge in [0, 0.05) is 12.1 Å². The zero-order valence-corrected chi connectivity index (χ0v) is 10.8. The van der Waals surface area contributed by atoms with Crippen LogP contribution in [0, 0.1) is 5.82 Å². The van der Waals surface area contributed by atoms with E-state index in [-0.39, 0.29) is 27.0 Å². The van der Waals surface area contributed by atoms with E-state index in [1.54, 1.807) is 0 Å². The summed E-state index contributed by atoms with van der Waals surface area (Å²) in [6, 6.07) is 4.07. The monoisotopic (exact) mass is 310 g/mol. The van der Waals surface area contributed by atoms with Crippen molar-refractivity contribution >= 4 is 22.9 Å². The summed E-state index contributed by atoms with van der Waals surface area (Å²) in [4.78, 5) is 3.30. The van der Waals surface area contributed by atoms with Crippen molar-refractivity contribution in [3.05, 3.63) is 39.6 Å². The molecule has 0 radical (unpaired) electrons. The van der Waals surface area contributed by atoms with Crippen LogP contribution in [0.4, 0.5) is 17.6 Å². The van der Waals surface area contributed by atoms with Crippen LogP contribution in [0.3, 0.4) is 0 Å². The first-order valence-electron chi connectivity index (χ1n) is 5.06. The van der Waals surface area contributed by atoms with Crippen LogP contribution < -0.4 is 5.73 Å². The molecule has 8 heteroatoms. The Balaban J connectivity index is 2.58. The maximum Gasteiger partial charge on any atom is 0.434 e. The number of rotatable bonds is 2. The molecule has 1 aromatic heterocycles. The molecular formula is C11H7ClF4N2S. The fourth-order valence-corrected chi connectivity index (χ4v) is 2.65. The van der Waals surface area contributed by atoms with Gasteiger partial charge in [-0.05, 0) is 12.1 Å². The standard InChI is InChI=1S/C11H7ClF4N2S/c12-6-3-1-2-5(8(6)13)10-18-9(11(14,15)16)7(4-17)19-10/h1-3H,4,17H2. The second kappa shape index (κ2) is 5.07. The van der Waals surface area contributed by atoms with Gasteiger partial charge >= 0.3 is 6.18 Å². The molecule has 1 aromatic carbocycles. The molecular weight excluding hydrogens is 304 g/mol. The minimum Gasteiger partial charge on any atom is -0.326 e. The van der Waals surface area contributed by atoms with Gasteiger partial charge in [0.25, 0.3) is 0 Å². The van der Waals surface area contributed by atoms with Gasteiger partial charge in [0.2, 0.25) is 0 Å². The Bertz CT molecular complexity index is 609. The van der Waals surface area contributed by atoms with Crippen molar-refractivity contribution < 1.29 is 17.6 Å². The van der Waals surface area contributed by atoms with Crippen LogP contribution in [0.25, 0.3) is 10.6 Å². The summed E-state index contributed by atoms with van der Waals surface area (Å²) < 4.78 is 51.9. The van der Waals surface area contributed by atoms with Gasteiger partial charge in [-0.15, -0.1) is 11.3 Å². The Morgan fingerprint density at radius 2 is 2.00 bits per heavy atom. The van der Waals surface area contributed by atoms with Gasteiger partial charge in [-0.2, -0.15) is 13.2 Å². The summed E-state index contributed by atoms with van der Waals surface area (Å²) in [6.45, 7) is -0.311. The van der Waals surface area contributed by atoms with E-state index >= 15 is 0 Å². The summed E-state index contributed by atoms with van der Waals surface area (Å²) in [7, 11) is 0. The van der Waals surface area contributed by atoms with Gasteiger partial charge in [0.15, 0.2) is 11.5 Å². The van der Waals surface area contributed by atoms with Crippen molar-refractivity contribution in [3.63, 3.8) is 0 Å². The number of aromatic nitrogens is 1. The van der Waals surface area contributed by atoms with Crippen LogP contribution in [0.2, 0.25) is 5.02 Å². The van der Waals surface area contributed by atoms with E-state index in [0.717, 1.165) is 0 Å². The number of hydrogen-bond acceptors (Lipinski definition) is 3.